The van der Waals surface area contributed by atoms with Gasteiger partial charge in [-0.05, 0) is 24.3 Å². The highest BCUT2D eigenvalue weighted by molar-refractivity contribution is 6.07. The second-order valence-corrected chi connectivity index (χ2v) is 5.63. The highest BCUT2D eigenvalue weighted by Crippen LogP contribution is 2.30. The quantitative estimate of drug-likeness (QED) is 0.298. The number of para-hydroxylation sites is 2. The molecule has 0 aliphatic heterocycles. The number of fused-ring (bicyclic) bond motifs is 2. The number of hydrogen-bond acceptors (Lipinski definition) is 5. The molecule has 25 heavy (non-hydrogen) atoms. The molecule has 0 bridgehead atoms. The van der Waals surface area contributed by atoms with E-state index in [4.69, 9.17) is 0 Å². The number of rotatable bonds is 3. The molecule has 3 N–H and O–H groups in total. The van der Waals surface area contributed by atoms with Crippen LogP contribution in [-0.2, 0) is 0 Å². The summed E-state index contributed by atoms with van der Waals surface area (Å²) in [6, 6.07) is 20.1. The van der Waals surface area contributed by atoms with Gasteiger partial charge < -0.3 is 10.2 Å². The molecule has 3 aromatic carbocycles. The van der Waals surface area contributed by atoms with Gasteiger partial charge in [0, 0.05) is 22.4 Å². The average molecular weight is 329 g/mol. The molecule has 0 radical (unpaired) electrons. The predicted molar refractivity (Wildman–Crippen MR) is 100 cm³/mol. The Balaban J connectivity index is 1.78. The third-order valence-corrected chi connectivity index (χ3v) is 3.98. The molecule has 5 heteroatoms. The largest absolute Gasteiger partial charge is 0.508 e. The third-order valence-electron chi connectivity index (χ3n) is 3.98. The van der Waals surface area contributed by atoms with Crippen molar-refractivity contribution in [1.29, 1.82) is 0 Å². The number of aromatic hydroxyl groups is 2. The van der Waals surface area contributed by atoms with E-state index in [9.17, 15) is 10.2 Å². The number of anilines is 1. The Bertz CT molecular complexity index is 1050. The Morgan fingerprint density at radius 2 is 1.48 bits per heavy atom. The topological polar surface area (TPSA) is 77.7 Å². The van der Waals surface area contributed by atoms with Crippen molar-refractivity contribution in [3.05, 3.63) is 72.3 Å². The lowest BCUT2D eigenvalue weighted by atomic mass is 10.1. The van der Waals surface area contributed by atoms with Gasteiger partial charge in [-0.1, -0.05) is 36.4 Å². The summed E-state index contributed by atoms with van der Waals surface area (Å²) >= 11 is 0. The number of hydrogen-bond donors (Lipinski definition) is 3. The highest BCUT2D eigenvalue weighted by Gasteiger charge is 2.07. The molecular formula is C20H15N3O2. The van der Waals surface area contributed by atoms with Crippen LogP contribution in [0.15, 0.2) is 71.8 Å². The van der Waals surface area contributed by atoms with E-state index in [1.807, 2.05) is 48.5 Å². The highest BCUT2D eigenvalue weighted by atomic mass is 16.3. The standard InChI is InChI=1S/C20H15N3O2/c24-14-10-9-13(19(25)11-14)12-21-23-20-15-5-1-3-7-17(15)22-18-8-4-2-6-16(18)20/h1-12,24-25H,(H,22,23). The van der Waals surface area contributed by atoms with Gasteiger partial charge in [0.25, 0.3) is 0 Å². The first-order valence-electron chi connectivity index (χ1n) is 7.81. The molecule has 4 aromatic rings. The van der Waals surface area contributed by atoms with E-state index >= 15 is 0 Å². The zero-order valence-electron chi connectivity index (χ0n) is 13.2. The first-order valence-corrected chi connectivity index (χ1v) is 7.81. The lowest BCUT2D eigenvalue weighted by Crippen LogP contribution is -1.95. The van der Waals surface area contributed by atoms with E-state index in [0.717, 1.165) is 27.5 Å². The van der Waals surface area contributed by atoms with Gasteiger partial charge in [-0.15, -0.1) is 0 Å². The maximum absolute atomic E-state index is 9.84. The van der Waals surface area contributed by atoms with Crippen LogP contribution in [0.25, 0.3) is 21.8 Å². The summed E-state index contributed by atoms with van der Waals surface area (Å²) in [7, 11) is 0. The van der Waals surface area contributed by atoms with Crippen molar-refractivity contribution < 1.29 is 10.2 Å². The summed E-state index contributed by atoms with van der Waals surface area (Å²) in [6.07, 6.45) is 1.51. The van der Waals surface area contributed by atoms with E-state index in [2.05, 4.69) is 15.5 Å². The second kappa shape index (κ2) is 6.13. The van der Waals surface area contributed by atoms with Crippen LogP contribution in [0.5, 0.6) is 11.5 Å². The molecule has 5 nitrogen and oxygen atoms in total. The van der Waals surface area contributed by atoms with Crippen molar-refractivity contribution in [3.63, 3.8) is 0 Å². The van der Waals surface area contributed by atoms with Crippen LogP contribution in [-0.4, -0.2) is 21.4 Å². The number of benzene rings is 3. The molecule has 122 valence electrons. The van der Waals surface area contributed by atoms with Crippen LogP contribution in [0.4, 0.5) is 5.69 Å². The van der Waals surface area contributed by atoms with E-state index < -0.39 is 0 Å². The van der Waals surface area contributed by atoms with Crippen LogP contribution in [0.1, 0.15) is 5.56 Å². The molecule has 0 aliphatic carbocycles. The van der Waals surface area contributed by atoms with Crippen LogP contribution in [0.3, 0.4) is 0 Å². The van der Waals surface area contributed by atoms with Gasteiger partial charge in [0.2, 0.25) is 0 Å². The van der Waals surface area contributed by atoms with Gasteiger partial charge >= 0.3 is 0 Å². The minimum atomic E-state index is -0.0324. The van der Waals surface area contributed by atoms with Crippen molar-refractivity contribution in [2.24, 2.45) is 5.10 Å². The van der Waals surface area contributed by atoms with Crippen molar-refractivity contribution in [2.45, 2.75) is 0 Å². The van der Waals surface area contributed by atoms with Gasteiger partial charge in [0.15, 0.2) is 0 Å². The van der Waals surface area contributed by atoms with Gasteiger partial charge in [0.05, 0.1) is 22.9 Å². The van der Waals surface area contributed by atoms with Crippen LogP contribution < -0.4 is 5.43 Å². The molecule has 0 saturated carbocycles. The Labute approximate surface area is 143 Å². The molecular weight excluding hydrogens is 314 g/mol. The van der Waals surface area contributed by atoms with Gasteiger partial charge in [-0.2, -0.15) is 5.10 Å². The van der Waals surface area contributed by atoms with Gasteiger partial charge in [-0.3, -0.25) is 5.43 Å². The summed E-state index contributed by atoms with van der Waals surface area (Å²) in [5.41, 5.74) is 6.20. The SMILES string of the molecule is Oc1ccc(C=NNc2c3ccccc3nc3ccccc23)c(O)c1. The van der Waals surface area contributed by atoms with E-state index in [-0.39, 0.29) is 11.5 Å². The zero-order chi connectivity index (χ0) is 17.2. The Morgan fingerprint density at radius 3 is 2.12 bits per heavy atom. The van der Waals surface area contributed by atoms with E-state index in [0.29, 0.717) is 5.56 Å². The smallest absolute Gasteiger partial charge is 0.128 e. The fourth-order valence-electron chi connectivity index (χ4n) is 2.77. The predicted octanol–water partition coefficient (Wildman–Crippen LogP) is 4.25. The summed E-state index contributed by atoms with van der Waals surface area (Å²) in [5, 5.41) is 25.4. The van der Waals surface area contributed by atoms with Crippen LogP contribution in [0.2, 0.25) is 0 Å². The number of hydrazone groups is 1. The van der Waals surface area contributed by atoms with Crippen molar-refractivity contribution >= 4 is 33.7 Å². The normalized spacial score (nSPS) is 11.4. The number of pyridine rings is 1. The number of phenolic OH excluding ortho intramolecular Hbond substituents is 2. The molecule has 0 atom stereocenters. The molecule has 1 heterocycles. The van der Waals surface area contributed by atoms with Crippen molar-refractivity contribution in [1.82, 2.24) is 4.98 Å². The van der Waals surface area contributed by atoms with Gasteiger partial charge in [-0.25, -0.2) is 4.98 Å². The minimum Gasteiger partial charge on any atom is -0.508 e. The molecule has 4 rings (SSSR count). The lowest BCUT2D eigenvalue weighted by molar-refractivity contribution is 0.450. The van der Waals surface area contributed by atoms with Crippen molar-refractivity contribution in [3.8, 4) is 11.5 Å². The maximum atomic E-state index is 9.84. The molecule has 0 spiro atoms. The third kappa shape index (κ3) is 2.83. The molecule has 0 saturated heterocycles. The monoisotopic (exact) mass is 329 g/mol. The average Bonchev–Trinajstić information content (AvgIpc) is 2.63. The Kier molecular flexibility index (Phi) is 3.67. The molecule has 1 aromatic heterocycles. The number of aromatic nitrogens is 1. The molecule has 0 amide bonds. The number of nitrogens with zero attached hydrogens (tertiary/aromatic N) is 2. The Morgan fingerprint density at radius 1 is 0.840 bits per heavy atom. The zero-order valence-corrected chi connectivity index (χ0v) is 13.2. The fraction of sp³-hybridized carbons (Fsp3) is 0. The Hall–Kier alpha value is -3.60. The molecule has 0 aliphatic rings. The second-order valence-electron chi connectivity index (χ2n) is 5.63. The van der Waals surface area contributed by atoms with Crippen LogP contribution in [0, 0.1) is 0 Å². The first kappa shape index (κ1) is 15.0. The minimum absolute atomic E-state index is 0.00808. The lowest BCUT2D eigenvalue weighted by Gasteiger charge is -2.10. The van der Waals surface area contributed by atoms with E-state index in [1.54, 1.807) is 6.07 Å². The summed E-state index contributed by atoms with van der Waals surface area (Å²) in [6.45, 7) is 0. The molecule has 0 unspecified atom stereocenters. The first-order chi connectivity index (χ1) is 12.2. The molecule has 0 fully saturated rings. The van der Waals surface area contributed by atoms with Crippen LogP contribution >= 0.6 is 0 Å². The van der Waals surface area contributed by atoms with Gasteiger partial charge in [0.1, 0.15) is 11.5 Å². The number of nitrogens with one attached hydrogen (secondary N) is 1. The number of phenols is 2. The maximum Gasteiger partial charge on any atom is 0.128 e. The summed E-state index contributed by atoms with van der Waals surface area (Å²) in [5.74, 6) is -0.0243. The van der Waals surface area contributed by atoms with E-state index in [1.165, 1.54) is 18.3 Å². The summed E-state index contributed by atoms with van der Waals surface area (Å²) in [4.78, 5) is 4.67. The fourth-order valence-corrected chi connectivity index (χ4v) is 2.77. The van der Waals surface area contributed by atoms with Crippen molar-refractivity contribution in [2.75, 3.05) is 5.43 Å². The summed E-state index contributed by atoms with van der Waals surface area (Å²) < 4.78 is 0.